The highest BCUT2D eigenvalue weighted by atomic mass is 79.9. The van der Waals surface area contributed by atoms with Gasteiger partial charge in [0.15, 0.2) is 0 Å². The van der Waals surface area contributed by atoms with E-state index in [-0.39, 0.29) is 0 Å². The van der Waals surface area contributed by atoms with Crippen LogP contribution in [0.15, 0.2) is 4.47 Å². The van der Waals surface area contributed by atoms with Crippen LogP contribution in [0.25, 0.3) is 0 Å². The average Bonchev–Trinajstić information content (AvgIpc) is 2.78. The molecule has 1 aromatic heterocycles. The lowest BCUT2D eigenvalue weighted by atomic mass is 10.2. The Balaban J connectivity index is 2.35. The topological polar surface area (TPSA) is 28.7 Å². The van der Waals surface area contributed by atoms with Gasteiger partial charge in [0.25, 0.3) is 0 Å². The van der Waals surface area contributed by atoms with Crippen molar-refractivity contribution in [3.05, 3.63) is 20.6 Å². The maximum absolute atomic E-state index is 5.29. The van der Waals surface area contributed by atoms with E-state index in [0.717, 1.165) is 23.1 Å². The zero-order valence-corrected chi connectivity index (χ0v) is 12.5. The molecule has 1 aliphatic rings. The Kier molecular flexibility index (Phi) is 4.44. The Morgan fingerprint density at radius 2 is 2.44 bits per heavy atom. The third kappa shape index (κ3) is 2.68. The summed E-state index contributed by atoms with van der Waals surface area (Å²) in [5.74, 6) is 2.31. The summed E-state index contributed by atoms with van der Waals surface area (Å²) in [6, 6.07) is 0. The molecule has 1 atom stereocenters. The summed E-state index contributed by atoms with van der Waals surface area (Å²) < 4.78 is 1.67. The lowest BCUT2D eigenvalue weighted by Crippen LogP contribution is -2.03. The van der Waals surface area contributed by atoms with Crippen LogP contribution in [0.2, 0.25) is 0 Å². The second-order valence-corrected chi connectivity index (χ2v) is 6.46. The summed E-state index contributed by atoms with van der Waals surface area (Å²) in [7, 11) is 0. The molecule has 0 amide bonds. The van der Waals surface area contributed by atoms with Crippen LogP contribution in [0.4, 0.5) is 0 Å². The second kappa shape index (κ2) is 5.65. The molecule has 1 fully saturated rings. The largest absolute Gasteiger partial charge is 0.345 e. The molecular weight excluding hydrogens is 304 g/mol. The van der Waals surface area contributed by atoms with Gasteiger partial charge in [-0.3, -0.25) is 0 Å². The summed E-state index contributed by atoms with van der Waals surface area (Å²) in [4.78, 5) is 7.94. The number of H-pyrrole nitrogens is 1. The standard InChI is InChI=1S/C11H15BrN2S2/c1-2-4-7-9(12)11(15)14-10(13-7)8-5-3-6-16-8/h8H,2-6H2,1H3,(H,13,14,15). The van der Waals surface area contributed by atoms with Crippen molar-refractivity contribution < 1.29 is 0 Å². The SMILES string of the molecule is CCCc1[nH]c(C2CCCS2)nc(=S)c1Br. The van der Waals surface area contributed by atoms with E-state index >= 15 is 0 Å². The number of aryl methyl sites for hydroxylation is 1. The monoisotopic (exact) mass is 318 g/mol. The van der Waals surface area contributed by atoms with Gasteiger partial charge in [-0.25, -0.2) is 4.98 Å². The summed E-state index contributed by atoms with van der Waals surface area (Å²) in [6.07, 6.45) is 4.65. The first-order valence-electron chi connectivity index (χ1n) is 5.62. The number of nitrogens with one attached hydrogen (secondary N) is 1. The van der Waals surface area contributed by atoms with Gasteiger partial charge in [-0.05, 0) is 40.9 Å². The Bertz CT molecular complexity index is 424. The highest BCUT2D eigenvalue weighted by Crippen LogP contribution is 2.38. The van der Waals surface area contributed by atoms with Crippen LogP contribution in [0.5, 0.6) is 0 Å². The first-order valence-corrected chi connectivity index (χ1v) is 7.87. The molecular formula is C11H15BrN2S2. The summed E-state index contributed by atoms with van der Waals surface area (Å²) in [5, 5.41) is 0.519. The Morgan fingerprint density at radius 1 is 1.62 bits per heavy atom. The van der Waals surface area contributed by atoms with Crippen molar-refractivity contribution in [3.63, 3.8) is 0 Å². The van der Waals surface area contributed by atoms with Crippen LogP contribution >= 0.6 is 39.9 Å². The maximum Gasteiger partial charge on any atom is 0.144 e. The molecule has 0 radical (unpaired) electrons. The molecule has 1 aliphatic heterocycles. The first kappa shape index (κ1) is 12.6. The van der Waals surface area contributed by atoms with E-state index < -0.39 is 0 Å². The van der Waals surface area contributed by atoms with Crippen LogP contribution in [-0.4, -0.2) is 15.7 Å². The number of aromatic amines is 1. The molecule has 1 unspecified atom stereocenters. The molecule has 0 saturated carbocycles. The van der Waals surface area contributed by atoms with Crippen LogP contribution in [0, 0.1) is 4.64 Å². The van der Waals surface area contributed by atoms with Crippen molar-refractivity contribution in [1.29, 1.82) is 0 Å². The molecule has 2 rings (SSSR count). The number of hydrogen-bond donors (Lipinski definition) is 1. The van der Waals surface area contributed by atoms with Gasteiger partial charge in [-0.1, -0.05) is 25.6 Å². The second-order valence-electron chi connectivity index (χ2n) is 3.97. The number of hydrogen-bond acceptors (Lipinski definition) is 3. The zero-order valence-electron chi connectivity index (χ0n) is 9.25. The molecule has 0 aromatic carbocycles. The molecule has 0 aliphatic carbocycles. The van der Waals surface area contributed by atoms with Gasteiger partial charge in [-0.15, -0.1) is 0 Å². The minimum absolute atomic E-state index is 0.519. The van der Waals surface area contributed by atoms with Gasteiger partial charge in [0.1, 0.15) is 10.5 Å². The summed E-state index contributed by atoms with van der Waals surface area (Å²) >= 11 is 10.8. The molecule has 1 aromatic rings. The Hall–Kier alpha value is 0.130. The number of thioether (sulfide) groups is 1. The minimum Gasteiger partial charge on any atom is -0.345 e. The molecule has 1 saturated heterocycles. The average molecular weight is 319 g/mol. The summed E-state index contributed by atoms with van der Waals surface area (Å²) in [6.45, 7) is 2.17. The van der Waals surface area contributed by atoms with Crippen molar-refractivity contribution in [2.75, 3.05) is 5.75 Å². The van der Waals surface area contributed by atoms with E-state index in [1.54, 1.807) is 0 Å². The van der Waals surface area contributed by atoms with Crippen molar-refractivity contribution in [1.82, 2.24) is 9.97 Å². The fourth-order valence-electron chi connectivity index (χ4n) is 1.89. The molecule has 88 valence electrons. The zero-order chi connectivity index (χ0) is 11.5. The molecule has 0 bridgehead atoms. The Labute approximate surface area is 114 Å². The fraction of sp³-hybridized carbons (Fsp3) is 0.636. The van der Waals surface area contributed by atoms with Gasteiger partial charge in [-0.2, -0.15) is 11.8 Å². The van der Waals surface area contributed by atoms with Gasteiger partial charge in [0, 0.05) is 5.69 Å². The lowest BCUT2D eigenvalue weighted by molar-refractivity contribution is 0.751. The predicted octanol–water partition coefficient (Wildman–Crippen LogP) is 4.42. The third-order valence-corrected chi connectivity index (χ3v) is 5.49. The molecule has 5 heteroatoms. The molecule has 1 N–H and O–H groups in total. The van der Waals surface area contributed by atoms with Gasteiger partial charge < -0.3 is 4.98 Å². The van der Waals surface area contributed by atoms with Crippen molar-refractivity contribution in [2.24, 2.45) is 0 Å². The van der Waals surface area contributed by atoms with E-state index in [4.69, 9.17) is 12.2 Å². The number of aromatic nitrogens is 2. The van der Waals surface area contributed by atoms with Gasteiger partial charge in [0.2, 0.25) is 0 Å². The third-order valence-electron chi connectivity index (χ3n) is 2.69. The van der Waals surface area contributed by atoms with Crippen LogP contribution in [-0.2, 0) is 6.42 Å². The van der Waals surface area contributed by atoms with Gasteiger partial charge in [0.05, 0.1) is 9.72 Å². The van der Waals surface area contributed by atoms with E-state index in [9.17, 15) is 0 Å². The molecule has 2 heterocycles. The van der Waals surface area contributed by atoms with Crippen molar-refractivity contribution in [2.45, 2.75) is 37.9 Å². The van der Waals surface area contributed by atoms with E-state index in [0.29, 0.717) is 9.89 Å². The summed E-state index contributed by atoms with van der Waals surface area (Å²) in [5.41, 5.74) is 1.20. The van der Waals surface area contributed by atoms with E-state index in [1.807, 2.05) is 11.8 Å². The highest BCUT2D eigenvalue weighted by molar-refractivity contribution is 9.10. The van der Waals surface area contributed by atoms with Crippen molar-refractivity contribution >= 4 is 39.9 Å². The van der Waals surface area contributed by atoms with Gasteiger partial charge >= 0.3 is 0 Å². The number of rotatable bonds is 3. The van der Waals surface area contributed by atoms with Crippen LogP contribution < -0.4 is 0 Å². The maximum atomic E-state index is 5.29. The normalized spacial score (nSPS) is 20.2. The molecule has 16 heavy (non-hydrogen) atoms. The predicted molar refractivity (Wildman–Crippen MR) is 75.5 cm³/mol. The smallest absolute Gasteiger partial charge is 0.144 e. The fourth-order valence-corrected chi connectivity index (χ4v) is 3.72. The number of nitrogens with zero attached hydrogens (tertiary/aromatic N) is 1. The molecule has 2 nitrogen and oxygen atoms in total. The highest BCUT2D eigenvalue weighted by Gasteiger charge is 2.20. The Morgan fingerprint density at radius 3 is 3.06 bits per heavy atom. The van der Waals surface area contributed by atoms with Crippen LogP contribution in [0.1, 0.15) is 43.0 Å². The van der Waals surface area contributed by atoms with Crippen molar-refractivity contribution in [3.8, 4) is 0 Å². The lowest BCUT2D eigenvalue weighted by Gasteiger charge is -2.11. The first-order chi connectivity index (χ1) is 7.72. The minimum atomic E-state index is 0.519. The number of halogens is 1. The van der Waals surface area contributed by atoms with E-state index in [1.165, 1.54) is 24.3 Å². The quantitative estimate of drug-likeness (QED) is 0.836. The van der Waals surface area contributed by atoms with Crippen LogP contribution in [0.3, 0.4) is 0 Å². The van der Waals surface area contributed by atoms with E-state index in [2.05, 4.69) is 32.8 Å². The molecule has 0 spiro atoms.